The maximum Gasteiger partial charge on any atom is 0.271 e. The van der Waals surface area contributed by atoms with E-state index in [1.54, 1.807) is 15.6 Å². The van der Waals surface area contributed by atoms with Crippen LogP contribution in [0.5, 0.6) is 0 Å². The van der Waals surface area contributed by atoms with Gasteiger partial charge < -0.3 is 0 Å². The molecule has 0 unspecified atom stereocenters. The summed E-state index contributed by atoms with van der Waals surface area (Å²) in [6.45, 7) is 8.64. The van der Waals surface area contributed by atoms with Crippen molar-refractivity contribution in [1.29, 1.82) is 0 Å². The highest BCUT2D eigenvalue weighted by Crippen LogP contribution is 2.14. The molecule has 4 aromatic rings. The van der Waals surface area contributed by atoms with Gasteiger partial charge in [0, 0.05) is 17.0 Å². The van der Waals surface area contributed by atoms with Gasteiger partial charge in [-0.05, 0) is 51.5 Å². The van der Waals surface area contributed by atoms with Crippen molar-refractivity contribution in [2.45, 2.75) is 34.2 Å². The zero-order valence-electron chi connectivity index (χ0n) is 16.8. The van der Waals surface area contributed by atoms with Crippen LogP contribution in [0.3, 0.4) is 0 Å². The predicted octanol–water partition coefficient (Wildman–Crippen LogP) is 3.49. The molecule has 0 saturated carbocycles. The molecule has 0 amide bonds. The summed E-state index contributed by atoms with van der Waals surface area (Å²) in [5.74, 6) is 0.517. The van der Waals surface area contributed by atoms with E-state index in [2.05, 4.69) is 37.6 Å². The minimum absolute atomic E-state index is 0.399. The van der Waals surface area contributed by atoms with E-state index in [9.17, 15) is 0 Å². The first kappa shape index (κ1) is 19.0. The van der Waals surface area contributed by atoms with Crippen LogP contribution in [0.1, 0.15) is 33.9 Å². The van der Waals surface area contributed by atoms with E-state index in [0.29, 0.717) is 17.3 Å². The summed E-state index contributed by atoms with van der Waals surface area (Å²) >= 11 is 5.37. The molecule has 8 nitrogen and oxygen atoms in total. The summed E-state index contributed by atoms with van der Waals surface area (Å²) in [6, 6.07) is 12.2. The van der Waals surface area contributed by atoms with Gasteiger partial charge >= 0.3 is 0 Å². The van der Waals surface area contributed by atoms with Crippen LogP contribution in [0.25, 0.3) is 5.95 Å². The fourth-order valence-corrected chi connectivity index (χ4v) is 3.45. The molecule has 0 aliphatic carbocycles. The number of H-pyrrole nitrogens is 1. The molecule has 3 heterocycles. The fourth-order valence-electron chi connectivity index (χ4n) is 3.28. The van der Waals surface area contributed by atoms with Gasteiger partial charge in [0.15, 0.2) is 0 Å². The molecule has 1 aromatic carbocycles. The van der Waals surface area contributed by atoms with Crippen molar-refractivity contribution < 1.29 is 0 Å². The number of nitrogens with one attached hydrogen (secondary N) is 1. The first-order valence-electron chi connectivity index (χ1n) is 9.27. The molecule has 29 heavy (non-hydrogen) atoms. The van der Waals surface area contributed by atoms with Gasteiger partial charge in [-0.2, -0.15) is 20.0 Å². The minimum atomic E-state index is 0.399. The molecule has 0 bridgehead atoms. The Morgan fingerprint density at radius 2 is 1.86 bits per heavy atom. The van der Waals surface area contributed by atoms with Gasteiger partial charge in [0.2, 0.25) is 4.77 Å². The Morgan fingerprint density at radius 3 is 2.55 bits per heavy atom. The first-order chi connectivity index (χ1) is 13.9. The molecule has 0 aliphatic heterocycles. The van der Waals surface area contributed by atoms with Crippen molar-refractivity contribution >= 4 is 18.4 Å². The van der Waals surface area contributed by atoms with Crippen molar-refractivity contribution in [3.8, 4) is 5.95 Å². The Morgan fingerprint density at radius 1 is 1.10 bits per heavy atom. The maximum absolute atomic E-state index is 5.37. The summed E-state index contributed by atoms with van der Waals surface area (Å²) < 4.78 is 5.68. The quantitative estimate of drug-likeness (QED) is 0.406. The molecule has 148 valence electrons. The molecule has 0 radical (unpaired) electrons. The second-order valence-corrected chi connectivity index (χ2v) is 7.34. The Kier molecular flexibility index (Phi) is 4.98. The van der Waals surface area contributed by atoms with Crippen LogP contribution in [0.4, 0.5) is 0 Å². The summed E-state index contributed by atoms with van der Waals surface area (Å²) in [5, 5.41) is 20.8. The zero-order chi connectivity index (χ0) is 20.5. The van der Waals surface area contributed by atoms with E-state index >= 15 is 0 Å². The van der Waals surface area contributed by atoms with Crippen LogP contribution in [0.15, 0.2) is 41.5 Å². The van der Waals surface area contributed by atoms with E-state index in [1.807, 2.05) is 56.6 Å². The number of benzene rings is 1. The van der Waals surface area contributed by atoms with Crippen molar-refractivity contribution in [2.75, 3.05) is 0 Å². The van der Waals surface area contributed by atoms with Crippen molar-refractivity contribution in [2.24, 2.45) is 5.10 Å². The van der Waals surface area contributed by atoms with E-state index < -0.39 is 0 Å². The number of aryl methyl sites for hydroxylation is 3. The van der Waals surface area contributed by atoms with Gasteiger partial charge in [-0.3, -0.25) is 4.68 Å². The lowest BCUT2D eigenvalue weighted by atomic mass is 10.2. The Balaban J connectivity index is 1.68. The first-order valence-corrected chi connectivity index (χ1v) is 9.68. The third kappa shape index (κ3) is 3.68. The molecular weight excluding hydrogens is 384 g/mol. The van der Waals surface area contributed by atoms with Gasteiger partial charge in [-0.15, -0.1) is 5.10 Å². The molecule has 0 spiro atoms. The van der Waals surface area contributed by atoms with Gasteiger partial charge in [0.25, 0.3) is 5.95 Å². The summed E-state index contributed by atoms with van der Waals surface area (Å²) in [4.78, 5) is 0. The van der Waals surface area contributed by atoms with Gasteiger partial charge in [0.05, 0.1) is 24.1 Å². The standard InChI is InChI=1S/C20H22N8S/c1-13-10-14(2)27(24-13)19-22-23-20(29)28(19)21-11-18-15(3)25-26(16(18)4)12-17-8-6-5-7-9-17/h5-11H,12H2,1-4H3,(H,23,29)/b21-11-. The SMILES string of the molecule is Cc1cc(C)n(-c2n[nH]c(=S)n2/N=C\c2c(C)nn(Cc3ccccc3)c2C)n1. The summed E-state index contributed by atoms with van der Waals surface area (Å²) in [6.07, 6.45) is 1.78. The third-order valence-electron chi connectivity index (χ3n) is 4.75. The molecule has 0 fully saturated rings. The van der Waals surface area contributed by atoms with E-state index in [4.69, 9.17) is 12.2 Å². The van der Waals surface area contributed by atoms with E-state index in [-0.39, 0.29) is 0 Å². The second-order valence-electron chi connectivity index (χ2n) is 6.95. The highest BCUT2D eigenvalue weighted by molar-refractivity contribution is 7.71. The fraction of sp³-hybridized carbons (Fsp3) is 0.250. The van der Waals surface area contributed by atoms with Gasteiger partial charge in [-0.25, -0.2) is 9.78 Å². The maximum atomic E-state index is 5.37. The van der Waals surface area contributed by atoms with Crippen LogP contribution in [-0.2, 0) is 6.54 Å². The number of aromatic amines is 1. The summed E-state index contributed by atoms with van der Waals surface area (Å²) in [5.41, 5.74) is 5.97. The normalized spacial score (nSPS) is 11.6. The van der Waals surface area contributed by atoms with Crippen LogP contribution < -0.4 is 0 Å². The molecule has 0 saturated heterocycles. The van der Waals surface area contributed by atoms with E-state index in [1.165, 1.54) is 5.56 Å². The molecule has 1 N–H and O–H groups in total. The summed E-state index contributed by atoms with van der Waals surface area (Å²) in [7, 11) is 0. The number of hydrogen-bond donors (Lipinski definition) is 1. The highest BCUT2D eigenvalue weighted by atomic mass is 32.1. The molecule has 9 heteroatoms. The van der Waals surface area contributed by atoms with Crippen LogP contribution in [0, 0.1) is 32.5 Å². The number of hydrogen-bond acceptors (Lipinski definition) is 5. The Bertz CT molecular complexity index is 1240. The number of rotatable bonds is 5. The lowest BCUT2D eigenvalue weighted by Gasteiger charge is -2.05. The average molecular weight is 407 g/mol. The molecule has 3 aromatic heterocycles. The predicted molar refractivity (Wildman–Crippen MR) is 114 cm³/mol. The van der Waals surface area contributed by atoms with Crippen molar-refractivity contribution in [3.05, 3.63) is 75.1 Å². The third-order valence-corrected chi connectivity index (χ3v) is 5.01. The average Bonchev–Trinajstić information content (AvgIpc) is 3.30. The zero-order valence-corrected chi connectivity index (χ0v) is 17.6. The Labute approximate surface area is 173 Å². The topological polar surface area (TPSA) is 81.6 Å². The molecular formula is C20H22N8S. The van der Waals surface area contributed by atoms with E-state index in [0.717, 1.165) is 28.3 Å². The number of aromatic nitrogens is 7. The Hall–Kier alpha value is -3.33. The van der Waals surface area contributed by atoms with Crippen molar-refractivity contribution in [3.63, 3.8) is 0 Å². The molecule has 0 aliphatic rings. The lowest BCUT2D eigenvalue weighted by Crippen LogP contribution is -2.07. The second kappa shape index (κ2) is 7.59. The van der Waals surface area contributed by atoms with Gasteiger partial charge in [0.1, 0.15) is 0 Å². The minimum Gasteiger partial charge on any atom is -0.265 e. The molecule has 4 rings (SSSR count). The number of nitrogens with zero attached hydrogens (tertiary/aromatic N) is 7. The van der Waals surface area contributed by atoms with Crippen molar-refractivity contribution in [1.82, 2.24) is 34.4 Å². The van der Waals surface area contributed by atoms with Crippen LogP contribution in [-0.4, -0.2) is 40.6 Å². The van der Waals surface area contributed by atoms with Gasteiger partial charge in [-0.1, -0.05) is 30.3 Å². The highest BCUT2D eigenvalue weighted by Gasteiger charge is 2.13. The smallest absolute Gasteiger partial charge is 0.265 e. The van der Waals surface area contributed by atoms with Crippen LogP contribution >= 0.6 is 12.2 Å². The largest absolute Gasteiger partial charge is 0.271 e. The lowest BCUT2D eigenvalue weighted by molar-refractivity contribution is 0.659. The molecule has 0 atom stereocenters. The monoisotopic (exact) mass is 406 g/mol. The van der Waals surface area contributed by atoms with Crippen LogP contribution in [0.2, 0.25) is 0 Å².